The Bertz CT molecular complexity index is 1610. The number of amides is 4. The summed E-state index contributed by atoms with van der Waals surface area (Å²) in [5.74, 6) is -6.36. The number of alkyl halides is 1. The molecule has 3 aliphatic heterocycles. The lowest BCUT2D eigenvalue weighted by Crippen LogP contribution is -2.62. The Kier molecular flexibility index (Phi) is 17.7. The van der Waals surface area contributed by atoms with E-state index in [-0.39, 0.29) is 51.0 Å². The number of ketones is 1. The number of Topliss-reactive ketones (excluding diaryl/α,β-unsaturated/α-hetero) is 1. The summed E-state index contributed by atoms with van der Waals surface area (Å²) in [6, 6.07) is -1.25. The van der Waals surface area contributed by atoms with Gasteiger partial charge in [-0.3, -0.25) is 9.59 Å². The van der Waals surface area contributed by atoms with Crippen LogP contribution in [0.2, 0.25) is 0 Å². The average Bonchev–Trinajstić information content (AvgIpc) is 3.18. The molecule has 13 atom stereocenters. The van der Waals surface area contributed by atoms with Crippen molar-refractivity contribution in [2.75, 3.05) is 40.4 Å². The lowest BCUT2D eigenvalue weighted by molar-refractivity contribution is -0.296. The third-order valence-electron chi connectivity index (χ3n) is 11.3. The number of hydrogen-bond acceptors (Lipinski definition) is 13. The molecule has 3 heterocycles. The Balaban J connectivity index is 2.35. The zero-order valence-corrected chi connectivity index (χ0v) is 36.2. The number of rotatable bonds is 9. The highest BCUT2D eigenvalue weighted by atomic mass is 19.1. The van der Waals surface area contributed by atoms with Crippen LogP contribution in [0.1, 0.15) is 74.7 Å². The summed E-state index contributed by atoms with van der Waals surface area (Å²) >= 11 is 0. The molecule has 3 saturated heterocycles. The molecule has 2 bridgehead atoms. The first-order valence-corrected chi connectivity index (χ1v) is 20.1. The second kappa shape index (κ2) is 21.1. The molecule has 0 spiro atoms. The number of hydrogen-bond donors (Lipinski definition) is 2. The van der Waals surface area contributed by atoms with Crippen molar-refractivity contribution < 1.29 is 61.9 Å². The van der Waals surface area contributed by atoms with Crippen LogP contribution in [-0.4, -0.2) is 151 Å². The van der Waals surface area contributed by atoms with Gasteiger partial charge < -0.3 is 43.7 Å². The molecule has 17 heteroatoms. The van der Waals surface area contributed by atoms with Crippen molar-refractivity contribution in [3.05, 3.63) is 37.5 Å². The van der Waals surface area contributed by atoms with Crippen LogP contribution in [-0.2, 0) is 42.8 Å². The maximum Gasteiger partial charge on any atom is 0.419 e. The molecule has 3 fully saturated rings. The average molecular weight is 837 g/mol. The molecule has 0 aromatic heterocycles. The van der Waals surface area contributed by atoms with Gasteiger partial charge >= 0.3 is 18.1 Å². The number of carbonyl (C=O) groups is 5. The van der Waals surface area contributed by atoms with Crippen molar-refractivity contribution in [2.45, 2.75) is 135 Å². The number of aliphatic hydroxyl groups is 1. The molecule has 1 unspecified atom stereocenters. The van der Waals surface area contributed by atoms with E-state index in [2.05, 4.69) is 30.0 Å². The van der Waals surface area contributed by atoms with E-state index in [9.17, 15) is 29.1 Å². The minimum atomic E-state index is -2.85. The van der Waals surface area contributed by atoms with Crippen LogP contribution in [0.25, 0.3) is 0 Å². The normalized spacial score (nSPS) is 37.0. The number of ether oxygens (including phenoxy) is 6. The highest BCUT2D eigenvalue weighted by Gasteiger charge is 2.56. The van der Waals surface area contributed by atoms with Gasteiger partial charge in [-0.2, -0.15) is 0 Å². The first-order chi connectivity index (χ1) is 27.6. The summed E-state index contributed by atoms with van der Waals surface area (Å²) in [6.45, 7) is 23.3. The van der Waals surface area contributed by atoms with Gasteiger partial charge in [0.05, 0.1) is 37.6 Å². The Morgan fingerprint density at radius 3 is 2.32 bits per heavy atom. The summed E-state index contributed by atoms with van der Waals surface area (Å²) in [5.41, 5.74) is -2.93. The van der Waals surface area contributed by atoms with Crippen LogP contribution < -0.4 is 5.32 Å². The number of nitrogens with one attached hydrogen (secondary N) is 1. The molecule has 59 heavy (non-hydrogen) atoms. The quantitative estimate of drug-likeness (QED) is 0.190. The lowest BCUT2D eigenvalue weighted by atomic mass is 9.74. The van der Waals surface area contributed by atoms with Crippen molar-refractivity contribution >= 4 is 35.5 Å². The van der Waals surface area contributed by atoms with Gasteiger partial charge in [-0.1, -0.05) is 46.4 Å². The molecule has 16 nitrogen and oxygen atoms in total. The number of aliphatic hydroxyl groups excluding tert-OH is 1. The van der Waals surface area contributed by atoms with E-state index in [1.165, 1.54) is 32.9 Å². The number of carbonyl (C=O) groups excluding carboxylic acids is 5. The highest BCUT2D eigenvalue weighted by Crippen LogP contribution is 2.41. The number of halogens is 1. The largest absolute Gasteiger partial charge is 0.456 e. The number of likely N-dealkylation sites (N-methyl/N-ethyl adjacent to an activating group) is 1. The standard InChI is InChI=1S/C42H65FN4O12/c1-14-17-44-39(52)47(18-15-2)40(53)59-42(11)30(16-3)57-37(51)31(43)33(49)27(8)35(58-38-34(50)29(46(12)13)19-25(6)56-38)41(10)20-24(5)32(45-28(9)48)26(7)36(42)54-21-23(4)22-55-41/h14-15,24-27,29-31,34-36,38,50H,1-2,4,16-22H2,3,5-13H3,(H,44,52)/t24-,25-,26+,27+,29+,30-,31?,34-,35-,36+,38+,41-,42-/m1/s1. The molecule has 0 aromatic rings. The topological polar surface area (TPSA) is 192 Å². The molecule has 0 aromatic carbocycles. The Hall–Kier alpha value is -3.87. The number of aliphatic imine (C=N–C) groups is 1. The molecule has 3 rings (SSSR count). The van der Waals surface area contributed by atoms with Gasteiger partial charge in [0, 0.05) is 37.1 Å². The van der Waals surface area contributed by atoms with Gasteiger partial charge in [-0.15, -0.1) is 13.2 Å². The third kappa shape index (κ3) is 11.7. The molecular weight excluding hydrogens is 771 g/mol. The van der Waals surface area contributed by atoms with E-state index in [1.807, 2.05) is 11.8 Å². The number of imide groups is 1. The van der Waals surface area contributed by atoms with E-state index in [0.29, 0.717) is 12.0 Å². The second-order valence-corrected chi connectivity index (χ2v) is 16.5. The minimum absolute atomic E-state index is 0.00703. The van der Waals surface area contributed by atoms with Crippen LogP contribution in [0.15, 0.2) is 42.5 Å². The molecule has 4 amide bonds. The van der Waals surface area contributed by atoms with Crippen molar-refractivity contribution in [3.8, 4) is 0 Å². The minimum Gasteiger partial charge on any atom is -0.456 e. The summed E-state index contributed by atoms with van der Waals surface area (Å²) in [4.78, 5) is 75.2. The lowest BCUT2D eigenvalue weighted by Gasteiger charge is -2.47. The zero-order chi connectivity index (χ0) is 44.6. The monoisotopic (exact) mass is 836 g/mol. The van der Waals surface area contributed by atoms with Gasteiger partial charge in [-0.25, -0.2) is 28.7 Å². The fourth-order valence-corrected chi connectivity index (χ4v) is 8.36. The Labute approximate surface area is 347 Å². The van der Waals surface area contributed by atoms with E-state index in [1.54, 1.807) is 41.8 Å². The van der Waals surface area contributed by atoms with Crippen molar-refractivity contribution in [2.24, 2.45) is 22.7 Å². The number of nitrogens with zero attached hydrogens (tertiary/aromatic N) is 3. The third-order valence-corrected chi connectivity index (χ3v) is 11.3. The summed E-state index contributed by atoms with van der Waals surface area (Å²) in [6.07, 6.45) is -8.04. The second-order valence-electron chi connectivity index (χ2n) is 16.5. The SMILES string of the molecule is C=CCNC(=O)N(CC=C)C(=O)O[C@]1(C)[C@@H](CC)OC(=O)C(F)C(=O)[C@H](C)[C@@H](O[C@@H]2O[C@H](C)C[C@H](N(C)C)[C@H]2O)[C@@]2(C)C[C@@H](C)C(=NC(C)=O)[C@H](C)[C@@H]1OCC(=C)CO2. The molecule has 332 valence electrons. The molecule has 0 aliphatic carbocycles. The van der Waals surface area contributed by atoms with Gasteiger partial charge in [0.2, 0.25) is 5.91 Å². The fraction of sp³-hybridized carbons (Fsp3) is 0.714. The van der Waals surface area contributed by atoms with Crippen LogP contribution >= 0.6 is 0 Å². The van der Waals surface area contributed by atoms with Gasteiger partial charge in [0.1, 0.15) is 18.3 Å². The summed E-state index contributed by atoms with van der Waals surface area (Å²) in [7, 11) is 3.61. The number of urea groups is 1. The van der Waals surface area contributed by atoms with Gasteiger partial charge in [-0.05, 0) is 65.6 Å². The van der Waals surface area contributed by atoms with E-state index >= 15 is 4.39 Å². The van der Waals surface area contributed by atoms with Crippen LogP contribution in [0, 0.1) is 17.8 Å². The van der Waals surface area contributed by atoms with Crippen LogP contribution in [0.4, 0.5) is 14.0 Å². The van der Waals surface area contributed by atoms with Gasteiger partial charge in [0.15, 0.2) is 17.7 Å². The number of cyclic esters (lactones) is 1. The fourth-order valence-electron chi connectivity index (χ4n) is 8.36. The predicted molar refractivity (Wildman–Crippen MR) is 216 cm³/mol. The predicted octanol–water partition coefficient (Wildman–Crippen LogP) is 4.34. The number of esters is 1. The molecule has 2 N–H and O–H groups in total. The highest BCUT2D eigenvalue weighted by molar-refractivity contribution is 6.03. The molecule has 0 radical (unpaired) electrons. The van der Waals surface area contributed by atoms with Gasteiger partial charge in [0.25, 0.3) is 6.17 Å². The maximum absolute atomic E-state index is 16.5. The summed E-state index contributed by atoms with van der Waals surface area (Å²) < 4.78 is 54.3. The maximum atomic E-state index is 16.5. The van der Waals surface area contributed by atoms with E-state index in [0.717, 1.165) is 4.90 Å². The smallest absolute Gasteiger partial charge is 0.419 e. The first kappa shape index (κ1) is 49.5. The van der Waals surface area contributed by atoms with Crippen molar-refractivity contribution in [1.29, 1.82) is 0 Å². The van der Waals surface area contributed by atoms with E-state index in [4.69, 9.17) is 28.4 Å². The van der Waals surface area contributed by atoms with Crippen molar-refractivity contribution in [1.82, 2.24) is 15.1 Å². The van der Waals surface area contributed by atoms with Crippen LogP contribution in [0.3, 0.4) is 0 Å². The molecule has 3 aliphatic rings. The Morgan fingerprint density at radius 1 is 1.08 bits per heavy atom. The number of fused-ring (bicyclic) bond motifs is 5. The van der Waals surface area contributed by atoms with Crippen LogP contribution in [0.5, 0.6) is 0 Å². The summed E-state index contributed by atoms with van der Waals surface area (Å²) in [5, 5.41) is 14.0. The molecular formula is C42H65FN4O12. The van der Waals surface area contributed by atoms with E-state index < -0.39 is 102 Å². The Morgan fingerprint density at radius 2 is 1.75 bits per heavy atom. The molecule has 0 saturated carbocycles. The zero-order valence-electron chi connectivity index (χ0n) is 36.2. The first-order valence-electron chi connectivity index (χ1n) is 20.1. The van der Waals surface area contributed by atoms with Crippen molar-refractivity contribution in [3.63, 3.8) is 0 Å².